The molecular weight excluding hydrogens is 132 g/mol. The predicted octanol–water partition coefficient (Wildman–Crippen LogP) is -0.128. The highest BCUT2D eigenvalue weighted by Crippen LogP contribution is 2.13. The van der Waals surface area contributed by atoms with Crippen LogP contribution >= 0.6 is 0 Å². The van der Waals surface area contributed by atoms with Gasteiger partial charge in [0.15, 0.2) is 0 Å². The molecule has 4 nitrogen and oxygen atoms in total. The minimum absolute atomic E-state index is 0.684. The van der Waals surface area contributed by atoms with E-state index in [4.69, 9.17) is 9.57 Å². The topological polar surface area (TPSA) is 42.9 Å². The summed E-state index contributed by atoms with van der Waals surface area (Å²) in [5, 5.41) is 6.89. The van der Waals surface area contributed by atoms with Crippen molar-refractivity contribution >= 4 is 5.71 Å². The van der Waals surface area contributed by atoms with E-state index in [1.165, 1.54) is 0 Å². The molecule has 0 bridgehead atoms. The molecule has 0 aromatic rings. The quantitative estimate of drug-likeness (QED) is 0.553. The average Bonchev–Trinajstić information content (AvgIpc) is 2.59. The van der Waals surface area contributed by atoms with E-state index in [0.29, 0.717) is 6.61 Å². The molecule has 2 rings (SSSR count). The minimum Gasteiger partial charge on any atom is -0.395 e. The summed E-state index contributed by atoms with van der Waals surface area (Å²) in [4.78, 5) is 4.82. The number of nitrogens with zero attached hydrogens (tertiary/aromatic N) is 1. The summed E-state index contributed by atoms with van der Waals surface area (Å²) < 4.78 is 5.23. The van der Waals surface area contributed by atoms with Crippen molar-refractivity contribution in [2.45, 2.75) is 6.42 Å². The van der Waals surface area contributed by atoms with Gasteiger partial charge in [-0.25, -0.2) is 0 Å². The lowest BCUT2D eigenvalue weighted by Gasteiger charge is -2.03. The molecule has 55 valence electrons. The molecule has 0 atom stereocenters. The molecule has 2 heterocycles. The van der Waals surface area contributed by atoms with Gasteiger partial charge in [-0.05, 0) is 0 Å². The van der Waals surface area contributed by atoms with Crippen LogP contribution in [0.3, 0.4) is 0 Å². The fourth-order valence-electron chi connectivity index (χ4n) is 1.02. The number of ether oxygens (including phenoxy) is 1. The van der Waals surface area contributed by atoms with E-state index < -0.39 is 0 Å². The SMILES string of the molecule is C1CO[C](C2=NOCC2)N1. The van der Waals surface area contributed by atoms with Crippen LogP contribution in [0.4, 0.5) is 0 Å². The van der Waals surface area contributed by atoms with Gasteiger partial charge in [-0.2, -0.15) is 0 Å². The molecule has 1 saturated heterocycles. The van der Waals surface area contributed by atoms with Crippen LogP contribution in [-0.4, -0.2) is 25.5 Å². The van der Waals surface area contributed by atoms with E-state index in [1.807, 2.05) is 0 Å². The van der Waals surface area contributed by atoms with Crippen molar-refractivity contribution < 1.29 is 9.57 Å². The van der Waals surface area contributed by atoms with Crippen LogP contribution in [0, 0.1) is 6.23 Å². The van der Waals surface area contributed by atoms with Crippen molar-refractivity contribution in [2.75, 3.05) is 19.8 Å². The van der Waals surface area contributed by atoms with E-state index >= 15 is 0 Å². The monoisotopic (exact) mass is 141 g/mol. The van der Waals surface area contributed by atoms with Gasteiger partial charge < -0.3 is 9.57 Å². The number of hydrogen-bond donors (Lipinski definition) is 1. The van der Waals surface area contributed by atoms with Gasteiger partial charge in [-0.1, -0.05) is 5.16 Å². The van der Waals surface area contributed by atoms with Gasteiger partial charge in [0.25, 0.3) is 0 Å². The van der Waals surface area contributed by atoms with Gasteiger partial charge in [0.2, 0.25) is 6.23 Å². The smallest absolute Gasteiger partial charge is 0.211 e. The Kier molecular flexibility index (Phi) is 1.56. The second-order valence-corrected chi connectivity index (χ2v) is 2.23. The van der Waals surface area contributed by atoms with E-state index in [-0.39, 0.29) is 0 Å². The normalized spacial score (nSPS) is 26.6. The maximum Gasteiger partial charge on any atom is 0.211 e. The van der Waals surface area contributed by atoms with Crippen LogP contribution in [-0.2, 0) is 9.57 Å². The third-order valence-electron chi connectivity index (χ3n) is 1.50. The minimum atomic E-state index is 0.684. The first-order chi connectivity index (χ1) is 4.97. The highest BCUT2D eigenvalue weighted by atomic mass is 16.6. The molecule has 4 heteroatoms. The molecule has 1 radical (unpaired) electrons. The molecular formula is C6H9N2O2. The molecule has 0 amide bonds. The third-order valence-corrected chi connectivity index (χ3v) is 1.50. The maximum absolute atomic E-state index is 5.23. The first kappa shape index (κ1) is 6.12. The van der Waals surface area contributed by atoms with Crippen molar-refractivity contribution in [1.82, 2.24) is 5.32 Å². The van der Waals surface area contributed by atoms with Crippen LogP contribution in [0.2, 0.25) is 0 Å². The van der Waals surface area contributed by atoms with Crippen molar-refractivity contribution in [1.29, 1.82) is 0 Å². The Balaban J connectivity index is 1.97. The van der Waals surface area contributed by atoms with Gasteiger partial charge in [-0.3, -0.25) is 5.32 Å². The molecule has 1 fully saturated rings. The number of hydrogen-bond acceptors (Lipinski definition) is 4. The average molecular weight is 141 g/mol. The number of rotatable bonds is 1. The summed E-state index contributed by atoms with van der Waals surface area (Å²) in [6, 6.07) is 0. The Morgan fingerprint density at radius 2 is 2.40 bits per heavy atom. The molecule has 0 aromatic carbocycles. The van der Waals surface area contributed by atoms with Crippen molar-refractivity contribution in [3.63, 3.8) is 0 Å². The Morgan fingerprint density at radius 1 is 1.40 bits per heavy atom. The zero-order valence-electron chi connectivity index (χ0n) is 5.59. The third kappa shape index (κ3) is 0.998. The van der Waals surface area contributed by atoms with E-state index in [0.717, 1.165) is 31.5 Å². The fraction of sp³-hybridized carbons (Fsp3) is 0.667. The molecule has 0 spiro atoms. The van der Waals surface area contributed by atoms with Crippen LogP contribution in [0.5, 0.6) is 0 Å². The van der Waals surface area contributed by atoms with Gasteiger partial charge in [0.05, 0.1) is 6.61 Å². The van der Waals surface area contributed by atoms with Crippen LogP contribution in [0.1, 0.15) is 6.42 Å². The number of oxime groups is 1. The molecule has 1 N–H and O–H groups in total. The Morgan fingerprint density at radius 3 is 3.00 bits per heavy atom. The Labute approximate surface area is 59.2 Å². The zero-order chi connectivity index (χ0) is 6.81. The van der Waals surface area contributed by atoms with Gasteiger partial charge >= 0.3 is 0 Å². The van der Waals surface area contributed by atoms with Crippen molar-refractivity contribution in [3.05, 3.63) is 6.23 Å². The Bertz CT molecular complexity index is 152. The fourth-order valence-corrected chi connectivity index (χ4v) is 1.02. The van der Waals surface area contributed by atoms with Crippen LogP contribution < -0.4 is 5.32 Å². The summed E-state index contributed by atoms with van der Waals surface area (Å²) in [5.74, 6) is 0. The molecule has 0 saturated carbocycles. The largest absolute Gasteiger partial charge is 0.395 e. The van der Waals surface area contributed by atoms with Crippen molar-refractivity contribution in [2.24, 2.45) is 5.16 Å². The molecule has 0 aliphatic carbocycles. The van der Waals surface area contributed by atoms with Gasteiger partial charge in [0, 0.05) is 13.0 Å². The summed E-state index contributed by atoms with van der Waals surface area (Å²) in [7, 11) is 0. The first-order valence-corrected chi connectivity index (χ1v) is 3.39. The van der Waals surface area contributed by atoms with Gasteiger partial charge in [0.1, 0.15) is 12.3 Å². The van der Waals surface area contributed by atoms with E-state index in [1.54, 1.807) is 0 Å². The molecule has 10 heavy (non-hydrogen) atoms. The highest BCUT2D eigenvalue weighted by molar-refractivity contribution is 5.95. The molecule has 2 aliphatic rings. The van der Waals surface area contributed by atoms with Gasteiger partial charge in [-0.15, -0.1) is 0 Å². The highest BCUT2D eigenvalue weighted by Gasteiger charge is 2.25. The summed E-state index contributed by atoms with van der Waals surface area (Å²) >= 11 is 0. The lowest BCUT2D eigenvalue weighted by Crippen LogP contribution is -2.21. The molecule has 2 aliphatic heterocycles. The van der Waals surface area contributed by atoms with Crippen LogP contribution in [0.25, 0.3) is 0 Å². The number of nitrogens with one attached hydrogen (secondary N) is 1. The molecule has 0 unspecified atom stereocenters. The summed E-state index contributed by atoms with van der Waals surface area (Å²) in [5.41, 5.74) is 0.914. The predicted molar refractivity (Wildman–Crippen MR) is 35.2 cm³/mol. The van der Waals surface area contributed by atoms with E-state index in [9.17, 15) is 0 Å². The first-order valence-electron chi connectivity index (χ1n) is 3.39. The zero-order valence-corrected chi connectivity index (χ0v) is 5.59. The Hall–Kier alpha value is -0.610. The van der Waals surface area contributed by atoms with E-state index in [2.05, 4.69) is 10.5 Å². The summed E-state index contributed by atoms with van der Waals surface area (Å²) in [6.45, 7) is 2.31. The maximum atomic E-state index is 5.23. The second kappa shape index (κ2) is 2.56. The lowest BCUT2D eigenvalue weighted by molar-refractivity contribution is 0.172. The lowest BCUT2D eigenvalue weighted by atomic mass is 10.2. The standard InChI is InChI=1S/C6H9N2O2/c1-3-10-8-5(1)6-7-2-4-9-6/h7H,1-4H2. The summed E-state index contributed by atoms with van der Waals surface area (Å²) in [6.07, 6.45) is 1.67. The van der Waals surface area contributed by atoms with Crippen LogP contribution in [0.15, 0.2) is 5.16 Å². The molecule has 0 aromatic heterocycles. The van der Waals surface area contributed by atoms with Crippen molar-refractivity contribution in [3.8, 4) is 0 Å². The second-order valence-electron chi connectivity index (χ2n) is 2.23.